The van der Waals surface area contributed by atoms with Crippen LogP contribution in [0.25, 0.3) is 5.70 Å². The van der Waals surface area contributed by atoms with E-state index < -0.39 is 5.83 Å². The molecule has 6 heteroatoms. The van der Waals surface area contributed by atoms with Gasteiger partial charge in [0.15, 0.2) is 17.3 Å². The summed E-state index contributed by atoms with van der Waals surface area (Å²) in [6, 6.07) is 3.88. The van der Waals surface area contributed by atoms with Gasteiger partial charge in [-0.05, 0) is 49.8 Å². The number of hydrogen-bond donors (Lipinski definition) is 1. The van der Waals surface area contributed by atoms with E-state index in [-0.39, 0.29) is 22.8 Å². The highest BCUT2D eigenvalue weighted by Gasteiger charge is 2.48. The number of aliphatic hydroxyl groups excluding tert-OH is 1. The minimum atomic E-state index is -0.446. The van der Waals surface area contributed by atoms with Crippen LogP contribution in [0.4, 0.5) is 4.39 Å². The summed E-state index contributed by atoms with van der Waals surface area (Å²) >= 11 is 0. The predicted molar refractivity (Wildman–Crippen MR) is 119 cm³/mol. The maximum absolute atomic E-state index is 15.8. The second-order valence-electron chi connectivity index (χ2n) is 8.72. The number of fused-ring (bicyclic) bond motifs is 7. The van der Waals surface area contributed by atoms with Crippen LogP contribution in [-0.2, 0) is 4.74 Å². The zero-order valence-corrected chi connectivity index (χ0v) is 18.5. The summed E-state index contributed by atoms with van der Waals surface area (Å²) in [6.07, 6.45) is 5.35. The Bertz CT molecular complexity index is 995. The highest BCUT2D eigenvalue weighted by Crippen LogP contribution is 2.56. The van der Waals surface area contributed by atoms with Crippen LogP contribution in [0.3, 0.4) is 0 Å². The zero-order valence-electron chi connectivity index (χ0n) is 18.5. The molecule has 1 unspecified atom stereocenters. The third-order valence-corrected chi connectivity index (χ3v) is 6.69. The van der Waals surface area contributed by atoms with Crippen molar-refractivity contribution in [3.63, 3.8) is 0 Å². The lowest BCUT2D eigenvalue weighted by atomic mass is 9.89. The van der Waals surface area contributed by atoms with Crippen molar-refractivity contribution in [2.45, 2.75) is 44.1 Å². The number of allylic oxidation sites excluding steroid dienone is 2. The molecule has 2 bridgehead atoms. The van der Waals surface area contributed by atoms with Gasteiger partial charge >= 0.3 is 0 Å². The minimum Gasteiger partial charge on any atom is -0.508 e. The molecule has 0 spiro atoms. The third kappa shape index (κ3) is 3.53. The smallest absolute Gasteiger partial charge is 0.161 e. The van der Waals surface area contributed by atoms with Crippen molar-refractivity contribution < 1.29 is 23.7 Å². The molecule has 0 saturated heterocycles. The van der Waals surface area contributed by atoms with Crippen molar-refractivity contribution >= 4 is 5.70 Å². The van der Waals surface area contributed by atoms with Crippen molar-refractivity contribution in [3.05, 3.63) is 65.3 Å². The molecule has 5 nitrogen and oxygen atoms in total. The number of ether oxygens (including phenoxy) is 3. The van der Waals surface area contributed by atoms with Crippen molar-refractivity contribution in [2.75, 3.05) is 27.4 Å². The van der Waals surface area contributed by atoms with Gasteiger partial charge in [-0.1, -0.05) is 13.2 Å². The number of hydrogen-bond acceptors (Lipinski definition) is 5. The first-order valence-corrected chi connectivity index (χ1v) is 10.6. The summed E-state index contributed by atoms with van der Waals surface area (Å²) in [5.74, 6) is 0.875. The SMILES string of the molecule is C=C(O)C1=CN2C(=C(F)C1=C)c1cc(OC)c(OCCCOC)cc1[C@H]1CCC2(C)C1. The van der Waals surface area contributed by atoms with Crippen molar-refractivity contribution in [3.8, 4) is 11.5 Å². The van der Waals surface area contributed by atoms with E-state index in [1.54, 1.807) is 20.4 Å². The number of halogens is 1. The molecule has 1 N–H and O–H groups in total. The molecular formula is C25H30FNO4. The highest BCUT2D eigenvalue weighted by atomic mass is 19.1. The Hall–Kier alpha value is -2.73. The van der Waals surface area contributed by atoms with Gasteiger partial charge in [-0.2, -0.15) is 0 Å². The van der Waals surface area contributed by atoms with Crippen molar-refractivity contribution in [2.24, 2.45) is 0 Å². The lowest BCUT2D eigenvalue weighted by Crippen LogP contribution is -2.40. The molecule has 31 heavy (non-hydrogen) atoms. The second kappa shape index (κ2) is 8.08. The Morgan fingerprint density at radius 2 is 2.06 bits per heavy atom. The van der Waals surface area contributed by atoms with Gasteiger partial charge in [-0.25, -0.2) is 4.39 Å². The number of rotatable bonds is 7. The van der Waals surface area contributed by atoms with Gasteiger partial charge < -0.3 is 24.2 Å². The first-order valence-electron chi connectivity index (χ1n) is 10.6. The normalized spacial score (nSPS) is 24.4. The Labute approximate surface area is 183 Å². The lowest BCUT2D eigenvalue weighted by Gasteiger charge is -2.41. The van der Waals surface area contributed by atoms with Gasteiger partial charge in [-0.3, -0.25) is 0 Å². The fourth-order valence-corrected chi connectivity index (χ4v) is 5.04. The van der Waals surface area contributed by atoms with Crippen LogP contribution in [0.15, 0.2) is 54.2 Å². The summed E-state index contributed by atoms with van der Waals surface area (Å²) in [5.41, 5.74) is 2.52. The molecule has 1 aromatic carbocycles. The number of nitrogens with zero attached hydrogens (tertiary/aromatic N) is 1. The molecular weight excluding hydrogens is 397 g/mol. The van der Waals surface area contributed by atoms with Gasteiger partial charge in [0, 0.05) is 48.6 Å². The summed E-state index contributed by atoms with van der Waals surface area (Å²) in [4.78, 5) is 1.97. The lowest BCUT2D eigenvalue weighted by molar-refractivity contribution is 0.170. The van der Waals surface area contributed by atoms with E-state index in [9.17, 15) is 5.11 Å². The molecule has 1 aliphatic carbocycles. The van der Waals surface area contributed by atoms with E-state index in [0.717, 1.165) is 36.8 Å². The summed E-state index contributed by atoms with van der Waals surface area (Å²) in [7, 11) is 3.25. The van der Waals surface area contributed by atoms with Crippen molar-refractivity contribution in [1.29, 1.82) is 0 Å². The topological polar surface area (TPSA) is 51.2 Å². The van der Waals surface area contributed by atoms with Gasteiger partial charge in [0.25, 0.3) is 0 Å². The standard InChI is InChI=1S/C25H30FNO4/c1-15-20(16(2)28)14-27-24(23(15)26)19-12-21(30-5)22(31-10-6-9-29-4)11-18(19)17-7-8-25(27,3)13-17/h11-12,14,17,28H,1-2,6-10,13H2,3-5H3/t17-,25?/m0/s1. The number of methoxy groups -OCH3 is 2. The molecule has 0 amide bonds. The molecule has 0 aromatic heterocycles. The van der Waals surface area contributed by atoms with Crippen LogP contribution < -0.4 is 9.47 Å². The van der Waals surface area contributed by atoms with E-state index in [0.29, 0.717) is 36.0 Å². The average molecular weight is 428 g/mol. The largest absolute Gasteiger partial charge is 0.508 e. The molecule has 4 rings (SSSR count). The van der Waals surface area contributed by atoms with Crippen LogP contribution in [0.1, 0.15) is 49.7 Å². The molecule has 2 heterocycles. The number of benzene rings is 1. The van der Waals surface area contributed by atoms with Crippen LogP contribution >= 0.6 is 0 Å². The predicted octanol–water partition coefficient (Wildman–Crippen LogP) is 5.62. The average Bonchev–Trinajstić information content (AvgIpc) is 3.11. The highest BCUT2D eigenvalue weighted by molar-refractivity contribution is 5.80. The van der Waals surface area contributed by atoms with Crippen molar-refractivity contribution in [1.82, 2.24) is 4.90 Å². The quantitative estimate of drug-likeness (QED) is 0.452. The monoisotopic (exact) mass is 427 g/mol. The van der Waals surface area contributed by atoms with Gasteiger partial charge in [0.1, 0.15) is 5.76 Å². The molecule has 2 atom stereocenters. The molecule has 1 saturated carbocycles. The van der Waals surface area contributed by atoms with Crippen LogP contribution in [-0.4, -0.2) is 43.0 Å². The Kier molecular flexibility index (Phi) is 5.60. The molecule has 2 aliphatic heterocycles. The molecule has 1 aromatic rings. The van der Waals surface area contributed by atoms with E-state index in [1.807, 2.05) is 17.0 Å². The minimum absolute atomic E-state index is 0.143. The fraction of sp³-hybridized carbons (Fsp3) is 0.440. The van der Waals surface area contributed by atoms with Crippen LogP contribution in [0.2, 0.25) is 0 Å². The Morgan fingerprint density at radius 1 is 1.29 bits per heavy atom. The van der Waals surface area contributed by atoms with Crippen LogP contribution in [0, 0.1) is 0 Å². The maximum Gasteiger partial charge on any atom is 0.161 e. The van der Waals surface area contributed by atoms with E-state index in [1.165, 1.54) is 0 Å². The summed E-state index contributed by atoms with van der Waals surface area (Å²) < 4.78 is 32.5. The Balaban J connectivity index is 1.85. The maximum atomic E-state index is 15.8. The summed E-state index contributed by atoms with van der Waals surface area (Å²) in [6.45, 7) is 10.8. The zero-order chi connectivity index (χ0) is 22.3. The fourth-order valence-electron chi connectivity index (χ4n) is 5.04. The van der Waals surface area contributed by atoms with E-state index >= 15 is 4.39 Å². The van der Waals surface area contributed by atoms with E-state index in [2.05, 4.69) is 20.1 Å². The van der Waals surface area contributed by atoms with Crippen LogP contribution in [0.5, 0.6) is 11.5 Å². The van der Waals surface area contributed by atoms with Gasteiger partial charge in [0.05, 0.1) is 19.4 Å². The van der Waals surface area contributed by atoms with E-state index in [4.69, 9.17) is 14.2 Å². The Morgan fingerprint density at radius 3 is 2.74 bits per heavy atom. The summed E-state index contributed by atoms with van der Waals surface area (Å²) in [5, 5.41) is 10.0. The molecule has 166 valence electrons. The molecule has 0 radical (unpaired) electrons. The molecule has 1 fully saturated rings. The van der Waals surface area contributed by atoms with Gasteiger partial charge in [-0.15, -0.1) is 0 Å². The molecule has 3 aliphatic rings. The first-order chi connectivity index (χ1) is 14.8. The number of aliphatic hydroxyl groups is 1. The first kappa shape index (κ1) is 21.5. The second-order valence-corrected chi connectivity index (χ2v) is 8.72. The van der Waals surface area contributed by atoms with Gasteiger partial charge in [0.2, 0.25) is 0 Å². The third-order valence-electron chi connectivity index (χ3n) is 6.69.